The Morgan fingerprint density at radius 2 is 2.15 bits per heavy atom. The van der Waals surface area contributed by atoms with Crippen molar-refractivity contribution in [2.24, 2.45) is 0 Å². The lowest BCUT2D eigenvalue weighted by molar-refractivity contribution is 0.0526. The van der Waals surface area contributed by atoms with E-state index >= 15 is 0 Å². The van der Waals surface area contributed by atoms with Crippen molar-refractivity contribution < 1.29 is 26.9 Å². The number of carbonyl (C=O) groups excluding carboxylic acids is 1. The third kappa shape index (κ3) is 3.70. The third-order valence-corrected chi connectivity index (χ3v) is 4.62. The summed E-state index contributed by atoms with van der Waals surface area (Å²) < 4.78 is 51.7. The molecule has 3 rings (SSSR count). The Bertz CT molecular complexity index is 1150. The fourth-order valence-corrected chi connectivity index (χ4v) is 3.01. The van der Waals surface area contributed by atoms with Crippen molar-refractivity contribution in [2.75, 3.05) is 11.9 Å². The van der Waals surface area contributed by atoms with Gasteiger partial charge in [0.1, 0.15) is 11.4 Å². The zero-order valence-corrected chi connectivity index (χ0v) is 15.3. The standard InChI is InChI=1S/C15H12ClFN4O5S/c1-2-26-15(22)9-6-18-14-12(27(23,24)25)7-19-21(14)13(9)20-11-5-8(17)3-4-10(11)16/h3-7,20H,2H2,1H3,(H,23,24,25). The van der Waals surface area contributed by atoms with E-state index < -0.39 is 26.8 Å². The van der Waals surface area contributed by atoms with E-state index in [9.17, 15) is 22.2 Å². The Labute approximate surface area is 157 Å². The second kappa shape index (κ2) is 7.10. The lowest BCUT2D eigenvalue weighted by atomic mass is 10.2. The second-order valence-electron chi connectivity index (χ2n) is 5.21. The largest absolute Gasteiger partial charge is 0.462 e. The third-order valence-electron chi connectivity index (χ3n) is 3.45. The summed E-state index contributed by atoms with van der Waals surface area (Å²) in [6.07, 6.45) is 1.92. The highest BCUT2D eigenvalue weighted by Crippen LogP contribution is 2.29. The van der Waals surface area contributed by atoms with Gasteiger partial charge in [0.15, 0.2) is 16.4 Å². The average molecular weight is 415 g/mol. The highest BCUT2D eigenvalue weighted by atomic mass is 35.5. The first-order chi connectivity index (χ1) is 12.7. The zero-order chi connectivity index (χ0) is 19.8. The van der Waals surface area contributed by atoms with Crippen LogP contribution in [0.3, 0.4) is 0 Å². The van der Waals surface area contributed by atoms with Gasteiger partial charge in [-0.2, -0.15) is 18.0 Å². The van der Waals surface area contributed by atoms with Crippen LogP contribution in [0, 0.1) is 5.82 Å². The molecule has 142 valence electrons. The van der Waals surface area contributed by atoms with Crippen molar-refractivity contribution >= 4 is 44.8 Å². The monoisotopic (exact) mass is 414 g/mol. The molecular formula is C15H12ClFN4O5S. The molecule has 0 atom stereocenters. The van der Waals surface area contributed by atoms with Gasteiger partial charge >= 0.3 is 5.97 Å². The van der Waals surface area contributed by atoms with Gasteiger partial charge in [0.05, 0.1) is 23.5 Å². The Kier molecular flexibility index (Phi) is 5.00. The molecule has 0 aliphatic heterocycles. The summed E-state index contributed by atoms with van der Waals surface area (Å²) in [5.74, 6) is -1.43. The molecule has 27 heavy (non-hydrogen) atoms. The van der Waals surface area contributed by atoms with E-state index in [4.69, 9.17) is 16.3 Å². The number of carbonyl (C=O) groups is 1. The molecular weight excluding hydrogens is 403 g/mol. The first kappa shape index (κ1) is 19.0. The maximum Gasteiger partial charge on any atom is 0.343 e. The van der Waals surface area contributed by atoms with Crippen molar-refractivity contribution in [1.29, 1.82) is 0 Å². The van der Waals surface area contributed by atoms with E-state index in [1.54, 1.807) is 6.92 Å². The van der Waals surface area contributed by atoms with E-state index in [2.05, 4.69) is 15.4 Å². The number of rotatable bonds is 5. The number of hydrogen-bond acceptors (Lipinski definition) is 7. The quantitative estimate of drug-likeness (QED) is 0.482. The first-order valence-corrected chi connectivity index (χ1v) is 9.27. The van der Waals surface area contributed by atoms with Crippen LogP contribution in [0.5, 0.6) is 0 Å². The highest BCUT2D eigenvalue weighted by Gasteiger charge is 2.24. The summed E-state index contributed by atoms with van der Waals surface area (Å²) in [6, 6.07) is 3.53. The number of nitrogens with one attached hydrogen (secondary N) is 1. The van der Waals surface area contributed by atoms with Crippen molar-refractivity contribution in [1.82, 2.24) is 14.6 Å². The first-order valence-electron chi connectivity index (χ1n) is 7.45. The highest BCUT2D eigenvalue weighted by molar-refractivity contribution is 7.86. The normalized spacial score (nSPS) is 11.6. The summed E-state index contributed by atoms with van der Waals surface area (Å²) in [5, 5.41) is 6.72. The molecule has 0 bridgehead atoms. The summed E-state index contributed by atoms with van der Waals surface area (Å²) in [6.45, 7) is 1.68. The van der Waals surface area contributed by atoms with Crippen molar-refractivity contribution in [3.63, 3.8) is 0 Å². The minimum absolute atomic E-state index is 0.0687. The van der Waals surface area contributed by atoms with Gasteiger partial charge in [-0.25, -0.2) is 14.2 Å². The lowest BCUT2D eigenvalue weighted by Gasteiger charge is -2.14. The van der Waals surface area contributed by atoms with E-state index in [0.717, 1.165) is 29.0 Å². The van der Waals surface area contributed by atoms with Crippen molar-refractivity contribution in [3.8, 4) is 0 Å². The maximum atomic E-state index is 13.6. The molecule has 9 nitrogen and oxygen atoms in total. The molecule has 0 amide bonds. The number of anilines is 2. The smallest absolute Gasteiger partial charge is 0.343 e. The van der Waals surface area contributed by atoms with E-state index in [1.165, 1.54) is 6.07 Å². The van der Waals surface area contributed by atoms with Crippen LogP contribution >= 0.6 is 11.6 Å². The van der Waals surface area contributed by atoms with Gasteiger partial charge in [-0.3, -0.25) is 4.55 Å². The molecule has 3 aromatic rings. The lowest BCUT2D eigenvalue weighted by Crippen LogP contribution is -2.13. The number of hydrogen-bond donors (Lipinski definition) is 2. The predicted octanol–water partition coefficient (Wildman–Crippen LogP) is 2.69. The van der Waals surface area contributed by atoms with Crippen LogP contribution < -0.4 is 5.32 Å². The van der Waals surface area contributed by atoms with Gasteiger partial charge in [-0.15, -0.1) is 0 Å². The van der Waals surface area contributed by atoms with Crippen LogP contribution in [0.4, 0.5) is 15.9 Å². The minimum atomic E-state index is -4.61. The SMILES string of the molecule is CCOC(=O)c1cnc2c(S(=O)(=O)O)cnn2c1Nc1cc(F)ccc1Cl. The number of nitrogens with zero attached hydrogens (tertiary/aromatic N) is 3. The molecule has 0 saturated carbocycles. The summed E-state index contributed by atoms with van der Waals surface area (Å²) in [4.78, 5) is 15.5. The number of ether oxygens (including phenoxy) is 1. The summed E-state index contributed by atoms with van der Waals surface area (Å²) in [7, 11) is -4.61. The van der Waals surface area contributed by atoms with Gasteiger partial charge in [-0.1, -0.05) is 11.6 Å². The van der Waals surface area contributed by atoms with Crippen molar-refractivity contribution in [3.05, 3.63) is 47.0 Å². The van der Waals surface area contributed by atoms with Crippen LogP contribution in [-0.2, 0) is 14.9 Å². The molecule has 0 radical (unpaired) electrons. The van der Waals surface area contributed by atoms with Crippen molar-refractivity contribution in [2.45, 2.75) is 11.8 Å². The Morgan fingerprint density at radius 1 is 1.41 bits per heavy atom. The van der Waals surface area contributed by atoms with Gasteiger partial charge in [0.25, 0.3) is 10.1 Å². The van der Waals surface area contributed by atoms with Gasteiger partial charge < -0.3 is 10.1 Å². The van der Waals surface area contributed by atoms with E-state index in [0.29, 0.717) is 0 Å². The maximum absolute atomic E-state index is 13.6. The predicted molar refractivity (Wildman–Crippen MR) is 93.5 cm³/mol. The zero-order valence-electron chi connectivity index (χ0n) is 13.7. The Hall–Kier alpha value is -2.76. The molecule has 1 aromatic carbocycles. The topological polar surface area (TPSA) is 123 Å². The van der Waals surface area contributed by atoms with Gasteiger partial charge in [0.2, 0.25) is 0 Å². The Morgan fingerprint density at radius 3 is 2.81 bits per heavy atom. The molecule has 0 aliphatic rings. The number of benzene rings is 1. The summed E-state index contributed by atoms with van der Waals surface area (Å²) >= 11 is 6.04. The van der Waals surface area contributed by atoms with Crippen LogP contribution in [0.25, 0.3) is 5.65 Å². The number of fused-ring (bicyclic) bond motifs is 1. The van der Waals surface area contributed by atoms with Gasteiger partial charge in [-0.05, 0) is 25.1 Å². The minimum Gasteiger partial charge on any atom is -0.462 e. The fourth-order valence-electron chi connectivity index (χ4n) is 2.29. The Balaban J connectivity index is 2.25. The molecule has 12 heteroatoms. The molecule has 0 aliphatic carbocycles. The average Bonchev–Trinajstić information content (AvgIpc) is 3.03. The van der Waals surface area contributed by atoms with Crippen LogP contribution in [-0.4, -0.2) is 40.1 Å². The number of esters is 1. The van der Waals surface area contributed by atoms with Crippen LogP contribution in [0.2, 0.25) is 5.02 Å². The molecule has 0 unspecified atom stereocenters. The molecule has 2 N–H and O–H groups in total. The molecule has 0 saturated heterocycles. The van der Waals surface area contributed by atoms with Crippen LogP contribution in [0.15, 0.2) is 35.5 Å². The molecule has 2 aromatic heterocycles. The van der Waals surface area contributed by atoms with E-state index in [-0.39, 0.29) is 34.3 Å². The molecule has 2 heterocycles. The fraction of sp³-hybridized carbons (Fsp3) is 0.133. The second-order valence-corrected chi connectivity index (χ2v) is 7.01. The molecule has 0 fully saturated rings. The molecule has 0 spiro atoms. The summed E-state index contributed by atoms with van der Waals surface area (Å²) in [5.41, 5.74) is -0.256. The number of halogens is 2. The van der Waals surface area contributed by atoms with E-state index in [1.807, 2.05) is 0 Å². The van der Waals surface area contributed by atoms with Gasteiger partial charge in [0, 0.05) is 6.20 Å². The van der Waals surface area contributed by atoms with Crippen LogP contribution in [0.1, 0.15) is 17.3 Å². The number of aromatic nitrogens is 3.